The van der Waals surface area contributed by atoms with Crippen molar-refractivity contribution >= 4 is 33.1 Å². The first kappa shape index (κ1) is 15.4. The lowest BCUT2D eigenvalue weighted by atomic mass is 10.1. The van der Waals surface area contributed by atoms with E-state index in [-0.39, 0.29) is 15.1 Å². The number of carbonyl (C=O) groups excluding carboxylic acids is 1. The van der Waals surface area contributed by atoms with Crippen molar-refractivity contribution in [1.29, 1.82) is 5.26 Å². The Hall–Kier alpha value is -2.01. The molecule has 0 fully saturated rings. The zero-order valence-corrected chi connectivity index (χ0v) is 12.6. The largest absolute Gasteiger partial charge is 0.352 e. The van der Waals surface area contributed by atoms with Crippen molar-refractivity contribution in [2.45, 2.75) is 19.8 Å². The number of nitriles is 1. The minimum atomic E-state index is -2.87. The Morgan fingerprint density at radius 3 is 2.76 bits per heavy atom. The maximum atomic E-state index is 11.7. The van der Waals surface area contributed by atoms with E-state index in [4.69, 9.17) is 5.26 Å². The average Bonchev–Trinajstić information content (AvgIpc) is 2.79. The van der Waals surface area contributed by atoms with Crippen LogP contribution in [0.15, 0.2) is 18.2 Å². The monoisotopic (exact) mass is 311 g/mol. The zero-order valence-electron chi connectivity index (χ0n) is 11.8. The predicted octanol–water partition coefficient (Wildman–Crippen LogP) is 4.03. The van der Waals surface area contributed by atoms with E-state index in [2.05, 4.69) is 9.71 Å². The van der Waals surface area contributed by atoms with Gasteiger partial charge in [0, 0.05) is 20.0 Å². The molecule has 21 heavy (non-hydrogen) atoms. The number of benzene rings is 1. The van der Waals surface area contributed by atoms with Gasteiger partial charge in [-0.1, -0.05) is 6.92 Å². The SMILES string of the molecule is CCc1cc2cc(C(=O)CC#N)[nH]c2cc1NS(C)(O)O.[HH].[HH]. The van der Waals surface area contributed by atoms with Crippen LogP contribution in [0.25, 0.3) is 10.9 Å². The number of nitrogens with zero attached hydrogens (tertiary/aromatic N) is 1. The lowest BCUT2D eigenvalue weighted by molar-refractivity contribution is 0.0994. The highest BCUT2D eigenvalue weighted by atomic mass is 32.3. The molecule has 0 saturated carbocycles. The third-order valence-corrected chi connectivity index (χ3v) is 3.68. The molecular formula is C14H21N3O3S. The normalized spacial score (nSPS) is 12.1. The van der Waals surface area contributed by atoms with Gasteiger partial charge in [-0.2, -0.15) is 5.26 Å². The van der Waals surface area contributed by atoms with Gasteiger partial charge in [0.1, 0.15) is 6.42 Å². The molecule has 2 rings (SSSR count). The van der Waals surface area contributed by atoms with E-state index in [0.717, 1.165) is 10.9 Å². The Morgan fingerprint density at radius 2 is 2.19 bits per heavy atom. The van der Waals surface area contributed by atoms with E-state index in [1.807, 2.05) is 19.1 Å². The van der Waals surface area contributed by atoms with Gasteiger partial charge in [0.2, 0.25) is 0 Å². The van der Waals surface area contributed by atoms with Crippen molar-refractivity contribution in [3.05, 3.63) is 29.5 Å². The molecule has 0 radical (unpaired) electrons. The molecule has 0 bridgehead atoms. The fourth-order valence-electron chi connectivity index (χ4n) is 2.14. The molecule has 0 aliphatic heterocycles. The second kappa shape index (κ2) is 5.77. The number of rotatable bonds is 5. The van der Waals surface area contributed by atoms with Crippen LogP contribution in [0.5, 0.6) is 0 Å². The van der Waals surface area contributed by atoms with Gasteiger partial charge in [-0.05, 0) is 30.2 Å². The minimum absolute atomic E-state index is 0. The molecule has 1 aromatic heterocycles. The molecule has 1 heterocycles. The van der Waals surface area contributed by atoms with Gasteiger partial charge in [-0.3, -0.25) is 18.6 Å². The summed E-state index contributed by atoms with van der Waals surface area (Å²) in [6.07, 6.45) is 1.85. The van der Waals surface area contributed by atoms with Crippen molar-refractivity contribution in [3.63, 3.8) is 0 Å². The van der Waals surface area contributed by atoms with Gasteiger partial charge in [0.25, 0.3) is 0 Å². The molecule has 0 amide bonds. The van der Waals surface area contributed by atoms with E-state index in [0.29, 0.717) is 23.3 Å². The van der Waals surface area contributed by atoms with E-state index in [9.17, 15) is 13.9 Å². The predicted molar refractivity (Wildman–Crippen MR) is 88.9 cm³/mol. The van der Waals surface area contributed by atoms with Crippen molar-refractivity contribution in [1.82, 2.24) is 4.98 Å². The van der Waals surface area contributed by atoms with Crippen LogP contribution in [0.1, 0.15) is 32.2 Å². The summed E-state index contributed by atoms with van der Waals surface area (Å²) in [6, 6.07) is 7.18. The van der Waals surface area contributed by atoms with Gasteiger partial charge in [0.05, 0.1) is 17.5 Å². The zero-order chi connectivity index (χ0) is 15.6. The molecule has 2 aromatic rings. The number of nitrogens with one attached hydrogen (secondary N) is 2. The maximum absolute atomic E-state index is 11.7. The first-order valence-corrected chi connectivity index (χ1v) is 8.36. The van der Waals surface area contributed by atoms with Crippen LogP contribution in [0.2, 0.25) is 0 Å². The summed E-state index contributed by atoms with van der Waals surface area (Å²) in [5, 5.41) is 9.43. The molecule has 0 spiro atoms. The van der Waals surface area contributed by atoms with Crippen molar-refractivity contribution in [2.24, 2.45) is 0 Å². The molecule has 116 valence electrons. The number of anilines is 1. The molecule has 1 aromatic carbocycles. The summed E-state index contributed by atoms with van der Waals surface area (Å²) in [5.74, 6) is -0.263. The van der Waals surface area contributed by atoms with Crippen molar-refractivity contribution in [2.75, 3.05) is 11.0 Å². The highest BCUT2D eigenvalue weighted by Crippen LogP contribution is 2.37. The fraction of sp³-hybridized carbons (Fsp3) is 0.286. The first-order valence-electron chi connectivity index (χ1n) is 6.41. The first-order chi connectivity index (χ1) is 9.84. The summed E-state index contributed by atoms with van der Waals surface area (Å²) in [7, 11) is -2.87. The Balaban J connectivity index is 0.00000242. The number of aryl methyl sites for hydroxylation is 1. The summed E-state index contributed by atoms with van der Waals surface area (Å²) < 4.78 is 21.8. The molecule has 0 aliphatic rings. The van der Waals surface area contributed by atoms with Crippen molar-refractivity contribution < 1.29 is 16.8 Å². The molecule has 7 heteroatoms. The van der Waals surface area contributed by atoms with Gasteiger partial charge >= 0.3 is 0 Å². The van der Waals surface area contributed by atoms with Gasteiger partial charge in [-0.25, -0.2) is 0 Å². The average molecular weight is 311 g/mol. The molecule has 6 nitrogen and oxygen atoms in total. The Morgan fingerprint density at radius 1 is 1.48 bits per heavy atom. The molecule has 0 unspecified atom stereocenters. The number of hydrogen-bond donors (Lipinski definition) is 4. The Kier molecular flexibility index (Phi) is 4.23. The quantitative estimate of drug-likeness (QED) is 0.623. The molecule has 4 N–H and O–H groups in total. The fourth-order valence-corrected chi connectivity index (χ4v) is 2.75. The summed E-state index contributed by atoms with van der Waals surface area (Å²) in [6.45, 7) is 1.96. The van der Waals surface area contributed by atoms with Gasteiger partial charge in [0.15, 0.2) is 5.78 Å². The Bertz CT molecular complexity index is 735. The van der Waals surface area contributed by atoms with Crippen LogP contribution in [0, 0.1) is 11.3 Å². The van der Waals surface area contributed by atoms with Crippen LogP contribution in [-0.2, 0) is 6.42 Å². The third-order valence-electron chi connectivity index (χ3n) is 3.07. The van der Waals surface area contributed by atoms with E-state index in [1.54, 1.807) is 12.1 Å². The highest BCUT2D eigenvalue weighted by Gasteiger charge is 2.13. The lowest BCUT2D eigenvalue weighted by Crippen LogP contribution is -2.08. The number of fused-ring (bicyclic) bond motifs is 1. The molecule has 0 atom stereocenters. The molecular weight excluding hydrogens is 290 g/mol. The highest BCUT2D eigenvalue weighted by molar-refractivity contribution is 8.24. The third kappa shape index (κ3) is 3.55. The van der Waals surface area contributed by atoms with Crippen LogP contribution < -0.4 is 4.72 Å². The second-order valence-electron chi connectivity index (χ2n) is 4.83. The number of carbonyl (C=O) groups is 1. The van der Waals surface area contributed by atoms with Crippen LogP contribution in [0.3, 0.4) is 0 Å². The Labute approximate surface area is 127 Å². The van der Waals surface area contributed by atoms with Crippen LogP contribution >= 0.6 is 10.8 Å². The second-order valence-corrected chi connectivity index (χ2v) is 6.70. The van der Waals surface area contributed by atoms with E-state index < -0.39 is 10.8 Å². The summed E-state index contributed by atoms with van der Waals surface area (Å²) >= 11 is 0. The van der Waals surface area contributed by atoms with Gasteiger partial charge < -0.3 is 4.98 Å². The van der Waals surface area contributed by atoms with Crippen molar-refractivity contribution in [3.8, 4) is 6.07 Å². The number of hydrogen-bond acceptors (Lipinski definition) is 5. The minimum Gasteiger partial charge on any atom is -0.352 e. The van der Waals surface area contributed by atoms with E-state index in [1.165, 1.54) is 6.26 Å². The number of aromatic amines is 1. The van der Waals surface area contributed by atoms with Crippen LogP contribution in [-0.4, -0.2) is 26.1 Å². The number of aromatic nitrogens is 1. The standard InChI is InChI=1S/C14H17N3O3S.2H2/c1-3-9-6-10-7-13(14(18)4-5-15)16-11(10)8-12(9)17-21(2,19)20;;/h6-8,16-17,19-20H,3-4H2,1-2H3;2*1H. The lowest BCUT2D eigenvalue weighted by Gasteiger charge is -2.29. The number of H-pyrrole nitrogens is 1. The number of ketones is 1. The topological polar surface area (TPSA) is 109 Å². The summed E-state index contributed by atoms with van der Waals surface area (Å²) in [4.78, 5) is 14.7. The van der Waals surface area contributed by atoms with Gasteiger partial charge in [-0.15, -0.1) is 10.8 Å². The smallest absolute Gasteiger partial charge is 0.193 e. The van der Waals surface area contributed by atoms with E-state index >= 15 is 0 Å². The maximum Gasteiger partial charge on any atom is 0.193 e. The van der Waals surface area contributed by atoms with Crippen LogP contribution in [0.4, 0.5) is 5.69 Å². The number of Topliss-reactive ketones (excluding diaryl/α,β-unsaturated/α-hetero) is 1. The summed E-state index contributed by atoms with van der Waals surface area (Å²) in [5.41, 5.74) is 2.63. The molecule has 0 saturated heterocycles. The molecule has 0 aliphatic carbocycles.